The van der Waals surface area contributed by atoms with Gasteiger partial charge in [0.25, 0.3) is 15.9 Å². The maximum Gasteiger partial charge on any atom is 0.269 e. The number of hydrazine groups is 1. The highest BCUT2D eigenvalue weighted by atomic mass is 35.5. The molecule has 2 aromatic rings. The lowest BCUT2D eigenvalue weighted by Gasteiger charge is -2.09. The van der Waals surface area contributed by atoms with Gasteiger partial charge in [-0.15, -0.1) is 4.83 Å². The van der Waals surface area contributed by atoms with Crippen molar-refractivity contribution in [2.45, 2.75) is 4.90 Å². The Morgan fingerprint density at radius 2 is 1.81 bits per heavy atom. The minimum Gasteiger partial charge on any atom is -0.507 e. The summed E-state index contributed by atoms with van der Waals surface area (Å²) in [5.41, 5.74) is 1.97. The number of phenols is 1. The standard InChI is InChI=1S/C13H11ClN2O4S/c14-9-4-3-5-10(8-9)21(19,20)16-15-13(18)11-6-1-2-7-12(11)17/h1-8,16-17H,(H,15,18). The van der Waals surface area contributed by atoms with Gasteiger partial charge in [0, 0.05) is 5.02 Å². The summed E-state index contributed by atoms with van der Waals surface area (Å²) < 4.78 is 23.9. The van der Waals surface area contributed by atoms with E-state index in [1.54, 1.807) is 12.1 Å². The molecule has 0 bridgehead atoms. The van der Waals surface area contributed by atoms with Crippen molar-refractivity contribution >= 4 is 27.5 Å². The topological polar surface area (TPSA) is 95.5 Å². The third-order valence-electron chi connectivity index (χ3n) is 2.55. The summed E-state index contributed by atoms with van der Waals surface area (Å²) in [5.74, 6) is -1.03. The number of para-hydroxylation sites is 1. The number of sulfonamides is 1. The van der Waals surface area contributed by atoms with Crippen molar-refractivity contribution in [1.29, 1.82) is 0 Å². The molecule has 6 nitrogen and oxygen atoms in total. The van der Waals surface area contributed by atoms with E-state index in [4.69, 9.17) is 11.6 Å². The Morgan fingerprint density at radius 1 is 1.10 bits per heavy atom. The molecule has 0 fully saturated rings. The summed E-state index contributed by atoms with van der Waals surface area (Å²) in [6, 6.07) is 11.3. The maximum atomic E-state index is 12.0. The van der Waals surface area contributed by atoms with Crippen LogP contribution in [0.5, 0.6) is 5.75 Å². The van der Waals surface area contributed by atoms with E-state index in [9.17, 15) is 18.3 Å². The van der Waals surface area contributed by atoms with Crippen molar-refractivity contribution in [3.8, 4) is 5.75 Å². The van der Waals surface area contributed by atoms with Gasteiger partial charge in [0.2, 0.25) is 0 Å². The Labute approximate surface area is 126 Å². The van der Waals surface area contributed by atoms with E-state index in [-0.39, 0.29) is 21.2 Å². The molecule has 21 heavy (non-hydrogen) atoms. The molecule has 2 rings (SSSR count). The Balaban J connectivity index is 2.12. The summed E-state index contributed by atoms with van der Waals surface area (Å²) in [5, 5.41) is 9.76. The number of rotatable bonds is 4. The zero-order valence-electron chi connectivity index (χ0n) is 10.6. The summed E-state index contributed by atoms with van der Waals surface area (Å²) >= 11 is 5.72. The second kappa shape index (κ2) is 6.13. The number of aromatic hydroxyl groups is 1. The van der Waals surface area contributed by atoms with Crippen molar-refractivity contribution in [3.63, 3.8) is 0 Å². The van der Waals surface area contributed by atoms with E-state index in [0.29, 0.717) is 0 Å². The van der Waals surface area contributed by atoms with Crippen LogP contribution in [-0.4, -0.2) is 19.4 Å². The number of benzene rings is 2. The number of hydrogen-bond acceptors (Lipinski definition) is 4. The number of halogens is 1. The van der Waals surface area contributed by atoms with Crippen LogP contribution in [0.15, 0.2) is 53.4 Å². The largest absolute Gasteiger partial charge is 0.507 e. The maximum absolute atomic E-state index is 12.0. The van der Waals surface area contributed by atoms with Gasteiger partial charge < -0.3 is 5.11 Å². The second-order valence-electron chi connectivity index (χ2n) is 4.03. The molecule has 0 atom stereocenters. The van der Waals surface area contributed by atoms with E-state index < -0.39 is 15.9 Å². The van der Waals surface area contributed by atoms with Gasteiger partial charge >= 0.3 is 0 Å². The van der Waals surface area contributed by atoms with Crippen LogP contribution < -0.4 is 10.3 Å². The minimum atomic E-state index is -3.95. The monoisotopic (exact) mass is 326 g/mol. The third kappa shape index (κ3) is 3.72. The molecule has 0 saturated heterocycles. The molecule has 1 amide bonds. The average molecular weight is 327 g/mol. The van der Waals surface area contributed by atoms with Crippen molar-refractivity contribution in [2.24, 2.45) is 0 Å². The molecular formula is C13H11ClN2O4S. The smallest absolute Gasteiger partial charge is 0.269 e. The molecule has 0 aliphatic rings. The highest BCUT2D eigenvalue weighted by Crippen LogP contribution is 2.16. The number of carbonyl (C=O) groups is 1. The van der Waals surface area contributed by atoms with Gasteiger partial charge in [-0.25, -0.2) is 8.42 Å². The predicted molar refractivity (Wildman–Crippen MR) is 77.3 cm³/mol. The highest BCUT2D eigenvalue weighted by Gasteiger charge is 2.17. The van der Waals surface area contributed by atoms with Crippen LogP contribution in [-0.2, 0) is 10.0 Å². The molecule has 2 aromatic carbocycles. The number of carbonyl (C=O) groups excluding carboxylic acids is 1. The lowest BCUT2D eigenvalue weighted by molar-refractivity contribution is 0.0942. The molecular weight excluding hydrogens is 316 g/mol. The Hall–Kier alpha value is -2.09. The van der Waals surface area contributed by atoms with Gasteiger partial charge in [0.1, 0.15) is 5.75 Å². The fourth-order valence-corrected chi connectivity index (χ4v) is 2.68. The fourth-order valence-electron chi connectivity index (χ4n) is 1.54. The van der Waals surface area contributed by atoms with Gasteiger partial charge in [0.15, 0.2) is 0 Å². The average Bonchev–Trinajstić information content (AvgIpc) is 2.45. The van der Waals surface area contributed by atoms with Crippen molar-refractivity contribution in [1.82, 2.24) is 10.3 Å². The van der Waals surface area contributed by atoms with Crippen LogP contribution in [0.2, 0.25) is 5.02 Å². The molecule has 3 N–H and O–H groups in total. The van der Waals surface area contributed by atoms with Gasteiger partial charge in [-0.05, 0) is 30.3 Å². The predicted octanol–water partition coefficient (Wildman–Crippen LogP) is 1.67. The van der Waals surface area contributed by atoms with Crippen LogP contribution in [0.4, 0.5) is 0 Å². The summed E-state index contributed by atoms with van der Waals surface area (Å²) in [6.45, 7) is 0. The molecule has 0 spiro atoms. The second-order valence-corrected chi connectivity index (χ2v) is 6.15. The van der Waals surface area contributed by atoms with Crippen LogP contribution >= 0.6 is 11.6 Å². The lowest BCUT2D eigenvalue weighted by atomic mass is 10.2. The first-order valence-corrected chi connectivity index (χ1v) is 7.62. The first-order valence-electron chi connectivity index (χ1n) is 5.76. The third-order valence-corrected chi connectivity index (χ3v) is 4.03. The quantitative estimate of drug-likeness (QED) is 0.745. The molecule has 0 aromatic heterocycles. The molecule has 0 unspecified atom stereocenters. The van der Waals surface area contributed by atoms with Crippen LogP contribution in [0.1, 0.15) is 10.4 Å². The van der Waals surface area contributed by atoms with Gasteiger partial charge in [-0.3, -0.25) is 10.2 Å². The van der Waals surface area contributed by atoms with Crippen molar-refractivity contribution in [2.75, 3.05) is 0 Å². The number of hydrogen-bond donors (Lipinski definition) is 3. The summed E-state index contributed by atoms with van der Waals surface area (Å²) in [4.78, 5) is 13.6. The van der Waals surface area contributed by atoms with E-state index in [2.05, 4.69) is 0 Å². The molecule has 8 heteroatoms. The zero-order valence-corrected chi connectivity index (χ0v) is 12.1. The van der Waals surface area contributed by atoms with E-state index in [0.717, 1.165) is 0 Å². The fraction of sp³-hybridized carbons (Fsp3) is 0. The van der Waals surface area contributed by atoms with E-state index in [1.165, 1.54) is 36.4 Å². The summed E-state index contributed by atoms with van der Waals surface area (Å²) in [6.07, 6.45) is 0. The minimum absolute atomic E-state index is 0.0497. The SMILES string of the molecule is O=C(NNS(=O)(=O)c1cccc(Cl)c1)c1ccccc1O. The highest BCUT2D eigenvalue weighted by molar-refractivity contribution is 7.89. The molecule has 0 saturated carbocycles. The van der Waals surface area contributed by atoms with Crippen molar-refractivity contribution in [3.05, 3.63) is 59.1 Å². The molecule has 0 aliphatic heterocycles. The summed E-state index contributed by atoms with van der Waals surface area (Å²) in [7, 11) is -3.95. The van der Waals surface area contributed by atoms with Gasteiger partial charge in [0.05, 0.1) is 10.5 Å². The van der Waals surface area contributed by atoms with Crippen molar-refractivity contribution < 1.29 is 18.3 Å². The van der Waals surface area contributed by atoms with Crippen LogP contribution in [0, 0.1) is 0 Å². The number of nitrogens with one attached hydrogen (secondary N) is 2. The van der Waals surface area contributed by atoms with Crippen LogP contribution in [0.25, 0.3) is 0 Å². The Kier molecular flexibility index (Phi) is 4.46. The first-order chi connectivity index (χ1) is 9.90. The van der Waals surface area contributed by atoms with E-state index >= 15 is 0 Å². The molecule has 0 aliphatic carbocycles. The molecule has 0 radical (unpaired) electrons. The molecule has 0 heterocycles. The first kappa shape index (κ1) is 15.3. The zero-order chi connectivity index (χ0) is 15.5. The number of amides is 1. The Morgan fingerprint density at radius 3 is 2.48 bits per heavy atom. The lowest BCUT2D eigenvalue weighted by Crippen LogP contribution is -2.41. The van der Waals surface area contributed by atoms with Gasteiger partial charge in [-0.1, -0.05) is 29.8 Å². The normalized spacial score (nSPS) is 11.1. The number of phenolic OH excluding ortho intramolecular Hbond substituents is 1. The van der Waals surface area contributed by atoms with Crippen LogP contribution in [0.3, 0.4) is 0 Å². The van der Waals surface area contributed by atoms with Gasteiger partial charge in [-0.2, -0.15) is 0 Å². The molecule has 110 valence electrons. The Bertz CT molecular complexity index is 777. The van der Waals surface area contributed by atoms with E-state index in [1.807, 2.05) is 10.3 Å².